The molecule has 0 radical (unpaired) electrons. The second-order valence-electron chi connectivity index (χ2n) is 5.47. The van der Waals surface area contributed by atoms with Gasteiger partial charge in [-0.3, -0.25) is 4.52 Å². The first-order valence-corrected chi connectivity index (χ1v) is 10.2. The fourth-order valence-corrected chi connectivity index (χ4v) is 2.20. The largest absolute Gasteiger partial charge is 0.469 e. The van der Waals surface area contributed by atoms with Crippen LogP contribution in [0.15, 0.2) is 0 Å². The maximum absolute atomic E-state index is 9.81. The molecule has 0 saturated heterocycles. The Labute approximate surface area is 145 Å². The predicted molar refractivity (Wildman–Crippen MR) is 93.6 cm³/mol. The normalized spacial score (nSPS) is 14.0. The molecule has 0 aromatic carbocycles. The third-order valence-corrected chi connectivity index (χ3v) is 3.68. The van der Waals surface area contributed by atoms with Crippen LogP contribution in [0, 0.1) is 0 Å². The molecule has 9 heteroatoms. The Morgan fingerprint density at radius 1 is 1.04 bits per heavy atom. The van der Waals surface area contributed by atoms with Gasteiger partial charge in [-0.05, 0) is 12.8 Å². The third kappa shape index (κ3) is 20.0. The van der Waals surface area contributed by atoms with Gasteiger partial charge in [0, 0.05) is 13.2 Å². The zero-order valence-electron chi connectivity index (χ0n) is 15.0. The number of hydrogen-bond donors (Lipinski definition) is 5. The lowest BCUT2D eigenvalue weighted by molar-refractivity contribution is -0.0629. The molecule has 8 nitrogen and oxygen atoms in total. The van der Waals surface area contributed by atoms with Crippen molar-refractivity contribution in [3.05, 3.63) is 0 Å². The summed E-state index contributed by atoms with van der Waals surface area (Å²) in [4.78, 5) is 16.0. The van der Waals surface area contributed by atoms with Gasteiger partial charge in [0.2, 0.25) is 0 Å². The highest BCUT2D eigenvalue weighted by Gasteiger charge is 2.18. The molecule has 0 bridgehead atoms. The number of unbranched alkanes of at least 4 members (excludes halogenated alkanes) is 4. The Balaban J connectivity index is 0. The van der Waals surface area contributed by atoms with Crippen LogP contribution >= 0.6 is 7.82 Å². The molecule has 148 valence electrons. The molecule has 0 aromatic rings. The first-order chi connectivity index (χ1) is 11.3. The fraction of sp³-hybridized carbons (Fsp3) is 1.00. The van der Waals surface area contributed by atoms with Gasteiger partial charge in [0.1, 0.15) is 6.10 Å². The highest BCUT2D eigenvalue weighted by Crippen LogP contribution is 2.34. The van der Waals surface area contributed by atoms with E-state index >= 15 is 0 Å². The van der Waals surface area contributed by atoms with Crippen LogP contribution in [0.25, 0.3) is 0 Å². The van der Waals surface area contributed by atoms with Crippen molar-refractivity contribution in [1.82, 2.24) is 0 Å². The lowest BCUT2D eigenvalue weighted by Gasteiger charge is -2.22. The molecule has 0 aliphatic rings. The van der Waals surface area contributed by atoms with E-state index < -0.39 is 13.9 Å². The molecular weight excluding hydrogens is 337 g/mol. The first kappa shape index (κ1) is 26.2. The van der Waals surface area contributed by atoms with Gasteiger partial charge in [-0.1, -0.05) is 46.0 Å². The number of aliphatic hydroxyl groups excluding tert-OH is 2. The smallest absolute Gasteiger partial charge is 0.394 e. The minimum Gasteiger partial charge on any atom is -0.394 e. The van der Waals surface area contributed by atoms with Crippen LogP contribution in [0.5, 0.6) is 0 Å². The zero-order valence-corrected chi connectivity index (χ0v) is 15.9. The van der Waals surface area contributed by atoms with Gasteiger partial charge in [0.15, 0.2) is 0 Å². The van der Waals surface area contributed by atoms with E-state index in [1.807, 2.05) is 0 Å². The maximum Gasteiger partial charge on any atom is 0.469 e. The Hall–Kier alpha value is -0.0500. The van der Waals surface area contributed by atoms with Gasteiger partial charge < -0.3 is 30.5 Å². The number of rotatable bonds is 14. The topological polar surface area (TPSA) is 142 Å². The molecule has 0 fully saturated rings. The molecule has 2 unspecified atom stereocenters. The number of phosphoric ester groups is 1. The minimum atomic E-state index is -4.26. The molecule has 0 aliphatic carbocycles. The van der Waals surface area contributed by atoms with Crippen molar-refractivity contribution in [2.24, 2.45) is 5.73 Å². The SMILES string of the molecule is CCCCCOC(CCCCC)C(O)CO.NCCOP(=O)(O)O. The van der Waals surface area contributed by atoms with Crippen molar-refractivity contribution in [1.29, 1.82) is 0 Å². The third-order valence-electron chi connectivity index (χ3n) is 3.17. The van der Waals surface area contributed by atoms with Crippen molar-refractivity contribution in [3.63, 3.8) is 0 Å². The Kier molecular flexibility index (Phi) is 19.4. The summed E-state index contributed by atoms with van der Waals surface area (Å²) < 4.78 is 19.4. The fourth-order valence-electron chi connectivity index (χ4n) is 1.86. The number of aliphatic hydroxyl groups is 2. The molecule has 0 spiro atoms. The summed E-state index contributed by atoms with van der Waals surface area (Å²) in [7, 11) is -4.26. The molecule has 2 atom stereocenters. The summed E-state index contributed by atoms with van der Waals surface area (Å²) in [5.41, 5.74) is 4.87. The summed E-state index contributed by atoms with van der Waals surface area (Å²) in [6, 6.07) is 0. The van der Waals surface area contributed by atoms with Crippen LogP contribution in [-0.4, -0.2) is 58.6 Å². The molecule has 0 saturated carbocycles. The second kappa shape index (κ2) is 17.8. The van der Waals surface area contributed by atoms with Crippen LogP contribution in [0.1, 0.15) is 58.8 Å². The minimum absolute atomic E-state index is 0.107. The van der Waals surface area contributed by atoms with E-state index in [0.29, 0.717) is 6.61 Å². The Bertz CT molecular complexity index is 302. The zero-order chi connectivity index (χ0) is 18.8. The van der Waals surface area contributed by atoms with Crippen LogP contribution < -0.4 is 5.73 Å². The molecule has 24 heavy (non-hydrogen) atoms. The molecule has 0 amide bonds. The molecule has 0 aromatic heterocycles. The standard InChI is InChI=1S/C13H28O3.C2H8NO4P/c1-3-5-7-9-13(12(15)11-14)16-10-8-6-4-2;3-1-2-7-8(4,5)6/h12-15H,3-11H2,1-2H3;1-3H2,(H2,4,5,6). The highest BCUT2D eigenvalue weighted by molar-refractivity contribution is 7.46. The van der Waals surface area contributed by atoms with Gasteiger partial charge in [0.25, 0.3) is 0 Å². The summed E-state index contributed by atoms with van der Waals surface area (Å²) in [5, 5.41) is 18.5. The number of ether oxygens (including phenoxy) is 1. The number of hydrogen-bond acceptors (Lipinski definition) is 6. The van der Waals surface area contributed by atoms with E-state index in [1.165, 1.54) is 6.42 Å². The summed E-state index contributed by atoms with van der Waals surface area (Å²) in [6.45, 7) is 4.81. The van der Waals surface area contributed by atoms with Crippen molar-refractivity contribution in [2.75, 3.05) is 26.4 Å². The van der Waals surface area contributed by atoms with Gasteiger partial charge >= 0.3 is 7.82 Å². The van der Waals surface area contributed by atoms with Gasteiger partial charge in [-0.25, -0.2) is 4.57 Å². The van der Waals surface area contributed by atoms with Crippen LogP contribution in [-0.2, 0) is 13.8 Å². The molecule has 0 rings (SSSR count). The first-order valence-electron chi connectivity index (χ1n) is 8.62. The van der Waals surface area contributed by atoms with Crippen molar-refractivity contribution >= 4 is 7.82 Å². The maximum atomic E-state index is 9.81. The highest BCUT2D eigenvalue weighted by atomic mass is 31.2. The van der Waals surface area contributed by atoms with E-state index in [9.17, 15) is 9.67 Å². The van der Waals surface area contributed by atoms with Crippen molar-refractivity contribution < 1.29 is 33.8 Å². The van der Waals surface area contributed by atoms with Crippen LogP contribution in [0.4, 0.5) is 0 Å². The molecule has 0 heterocycles. The van der Waals surface area contributed by atoms with E-state index in [2.05, 4.69) is 18.4 Å². The van der Waals surface area contributed by atoms with E-state index in [-0.39, 0.29) is 25.9 Å². The molecule has 0 aliphatic heterocycles. The van der Waals surface area contributed by atoms with Gasteiger partial charge in [0.05, 0.1) is 19.3 Å². The molecular formula is C15H36NO7P. The Morgan fingerprint density at radius 2 is 1.62 bits per heavy atom. The van der Waals surface area contributed by atoms with E-state index in [1.54, 1.807) is 0 Å². The average Bonchev–Trinajstić information content (AvgIpc) is 2.54. The van der Waals surface area contributed by atoms with Crippen molar-refractivity contribution in [2.45, 2.75) is 71.0 Å². The van der Waals surface area contributed by atoms with E-state index in [0.717, 1.165) is 38.5 Å². The Morgan fingerprint density at radius 3 is 2.04 bits per heavy atom. The monoisotopic (exact) mass is 373 g/mol. The molecule has 6 N–H and O–H groups in total. The van der Waals surface area contributed by atoms with Crippen LogP contribution in [0.2, 0.25) is 0 Å². The predicted octanol–water partition coefficient (Wildman–Crippen LogP) is 1.55. The lowest BCUT2D eigenvalue weighted by atomic mass is 10.1. The summed E-state index contributed by atoms with van der Waals surface area (Å²) in [5.74, 6) is 0. The van der Waals surface area contributed by atoms with Gasteiger partial charge in [-0.15, -0.1) is 0 Å². The number of nitrogens with two attached hydrogens (primary N) is 1. The summed E-state index contributed by atoms with van der Waals surface area (Å²) >= 11 is 0. The summed E-state index contributed by atoms with van der Waals surface area (Å²) in [6.07, 6.45) is 6.70. The van der Waals surface area contributed by atoms with Crippen molar-refractivity contribution in [3.8, 4) is 0 Å². The number of phosphoric acid groups is 1. The van der Waals surface area contributed by atoms with Gasteiger partial charge in [-0.2, -0.15) is 0 Å². The quantitative estimate of drug-likeness (QED) is 0.228. The van der Waals surface area contributed by atoms with E-state index in [4.69, 9.17) is 25.4 Å². The second-order valence-corrected chi connectivity index (χ2v) is 6.71. The average molecular weight is 373 g/mol. The van der Waals surface area contributed by atoms with Crippen LogP contribution in [0.3, 0.4) is 0 Å². The lowest BCUT2D eigenvalue weighted by Crippen LogP contribution is -2.32.